The first-order valence-electron chi connectivity index (χ1n) is 18.4. The summed E-state index contributed by atoms with van der Waals surface area (Å²) in [5.41, 5.74) is 0.105. The molecule has 1 saturated heterocycles. The van der Waals surface area contributed by atoms with Crippen LogP contribution in [-0.4, -0.2) is 86.9 Å². The summed E-state index contributed by atoms with van der Waals surface area (Å²) in [5, 5.41) is 11.5. The van der Waals surface area contributed by atoms with E-state index >= 15 is 0 Å². The summed E-state index contributed by atoms with van der Waals surface area (Å²) >= 11 is 0. The minimum atomic E-state index is -0.978. The lowest BCUT2D eigenvalue weighted by Gasteiger charge is -2.34. The Kier molecular flexibility index (Phi) is 12.4. The number of likely N-dealkylation sites (tertiary alicyclic amines) is 1. The Hall–Kier alpha value is -3.90. The van der Waals surface area contributed by atoms with Gasteiger partial charge in [-0.1, -0.05) is 52.9 Å². The molecular weight excluding hydrogens is 626 g/mol. The summed E-state index contributed by atoms with van der Waals surface area (Å²) in [6.45, 7) is 6.21. The molecule has 49 heavy (non-hydrogen) atoms. The Morgan fingerprint density at radius 1 is 0.878 bits per heavy atom. The van der Waals surface area contributed by atoms with Crippen molar-refractivity contribution in [3.05, 3.63) is 24.3 Å². The first kappa shape index (κ1) is 36.4. The van der Waals surface area contributed by atoms with Crippen molar-refractivity contribution >= 4 is 35.3 Å². The van der Waals surface area contributed by atoms with Crippen LogP contribution in [0.2, 0.25) is 0 Å². The highest BCUT2D eigenvalue weighted by Gasteiger charge is 2.51. The standard InChI is InChI=1S/C36H53N7O6/c1-4-9-26(31(44)35(48)39-24-14-15-24)40-34(47)30-25-13-8-12-23(25)20-43(30)36(49)27(18-21(2)3)41-33(46)29(22-10-6-5-7-11-22)42-32(45)28-19-37-16-17-38-28/h16-17,19,21-27,29-30H,4-15,18,20H2,1-3H3,(H,39,48)(H,40,47)(H,41,46)(H,42,45). The van der Waals surface area contributed by atoms with E-state index in [9.17, 15) is 28.8 Å². The van der Waals surface area contributed by atoms with Gasteiger partial charge in [0, 0.05) is 25.0 Å². The predicted octanol–water partition coefficient (Wildman–Crippen LogP) is 2.45. The Balaban J connectivity index is 1.34. The van der Waals surface area contributed by atoms with Crippen LogP contribution < -0.4 is 21.3 Å². The Bertz CT molecular complexity index is 1360. The number of nitrogens with one attached hydrogen (secondary N) is 4. The summed E-state index contributed by atoms with van der Waals surface area (Å²) in [6, 6.07) is -3.55. The fraction of sp³-hybridized carbons (Fsp3) is 0.722. The van der Waals surface area contributed by atoms with Gasteiger partial charge in [-0.3, -0.25) is 33.8 Å². The number of rotatable bonds is 15. The third kappa shape index (κ3) is 9.21. The quantitative estimate of drug-likeness (QED) is 0.204. The molecule has 6 atom stereocenters. The zero-order valence-corrected chi connectivity index (χ0v) is 29.1. The fourth-order valence-electron chi connectivity index (χ4n) is 7.98. The van der Waals surface area contributed by atoms with Gasteiger partial charge in [0.05, 0.1) is 12.2 Å². The topological polar surface area (TPSA) is 180 Å². The monoisotopic (exact) mass is 679 g/mol. The van der Waals surface area contributed by atoms with Crippen molar-refractivity contribution in [2.45, 2.75) is 134 Å². The van der Waals surface area contributed by atoms with Crippen molar-refractivity contribution < 1.29 is 28.8 Å². The van der Waals surface area contributed by atoms with Gasteiger partial charge in [-0.2, -0.15) is 0 Å². The third-order valence-electron chi connectivity index (χ3n) is 10.6. The van der Waals surface area contributed by atoms with Gasteiger partial charge < -0.3 is 26.2 Å². The normalized spacial score (nSPS) is 24.0. The molecule has 13 nitrogen and oxygen atoms in total. The lowest BCUT2D eigenvalue weighted by Crippen LogP contribution is -2.60. The predicted molar refractivity (Wildman–Crippen MR) is 181 cm³/mol. The van der Waals surface area contributed by atoms with Gasteiger partial charge in [0.25, 0.3) is 11.8 Å². The molecule has 2 heterocycles. The van der Waals surface area contributed by atoms with E-state index < -0.39 is 53.6 Å². The summed E-state index contributed by atoms with van der Waals surface area (Å²) in [6.07, 6.45) is 14.3. The van der Waals surface area contributed by atoms with E-state index in [-0.39, 0.29) is 41.3 Å². The molecule has 5 amide bonds. The molecule has 1 aliphatic heterocycles. The van der Waals surface area contributed by atoms with E-state index in [0.717, 1.165) is 64.2 Å². The van der Waals surface area contributed by atoms with Crippen molar-refractivity contribution in [1.29, 1.82) is 0 Å². The van der Waals surface area contributed by atoms with Gasteiger partial charge in [0.1, 0.15) is 23.8 Å². The molecule has 5 rings (SSSR count). The number of hydrogen-bond donors (Lipinski definition) is 4. The van der Waals surface area contributed by atoms with Crippen LogP contribution in [0.3, 0.4) is 0 Å². The van der Waals surface area contributed by atoms with Crippen LogP contribution in [-0.2, 0) is 24.0 Å². The molecule has 0 aromatic carbocycles. The largest absolute Gasteiger partial charge is 0.347 e. The minimum Gasteiger partial charge on any atom is -0.347 e. The second-order valence-corrected chi connectivity index (χ2v) is 14.9. The number of amides is 5. The molecule has 1 aromatic rings. The number of carbonyl (C=O) groups is 6. The van der Waals surface area contributed by atoms with E-state index in [1.54, 1.807) is 4.90 Å². The molecule has 0 bridgehead atoms. The molecule has 3 saturated carbocycles. The SMILES string of the molecule is CCCC(NC(=O)C1C2CCCC2CN1C(=O)C(CC(C)C)NC(=O)C(NC(=O)c1cnccn1)C1CCCCC1)C(=O)C(=O)NC1CC1. The molecule has 268 valence electrons. The fourth-order valence-corrected chi connectivity index (χ4v) is 7.98. The van der Waals surface area contributed by atoms with E-state index in [2.05, 4.69) is 31.2 Å². The van der Waals surface area contributed by atoms with Crippen LogP contribution in [0, 0.1) is 23.7 Å². The highest BCUT2D eigenvalue weighted by atomic mass is 16.2. The molecule has 13 heteroatoms. The summed E-state index contributed by atoms with van der Waals surface area (Å²) in [7, 11) is 0. The van der Waals surface area contributed by atoms with E-state index in [1.807, 2.05) is 20.8 Å². The van der Waals surface area contributed by atoms with Crippen molar-refractivity contribution in [2.75, 3.05) is 6.54 Å². The van der Waals surface area contributed by atoms with Crippen LogP contribution in [0.1, 0.15) is 115 Å². The number of hydrogen-bond acceptors (Lipinski definition) is 8. The van der Waals surface area contributed by atoms with Crippen LogP contribution in [0.15, 0.2) is 18.6 Å². The summed E-state index contributed by atoms with van der Waals surface area (Å²) < 4.78 is 0. The molecule has 0 spiro atoms. The number of carbonyl (C=O) groups excluding carboxylic acids is 6. The van der Waals surface area contributed by atoms with Gasteiger partial charge in [-0.25, -0.2) is 4.98 Å². The molecule has 4 aliphatic rings. The molecule has 4 fully saturated rings. The van der Waals surface area contributed by atoms with Crippen LogP contribution in [0.4, 0.5) is 0 Å². The zero-order chi connectivity index (χ0) is 35.1. The molecular formula is C36H53N7O6. The van der Waals surface area contributed by atoms with E-state index in [1.165, 1.54) is 18.6 Å². The average Bonchev–Trinajstić information content (AvgIpc) is 3.66. The molecule has 0 radical (unpaired) electrons. The van der Waals surface area contributed by atoms with Crippen LogP contribution in [0.5, 0.6) is 0 Å². The molecule has 6 unspecified atom stereocenters. The van der Waals surface area contributed by atoms with Crippen LogP contribution >= 0.6 is 0 Å². The van der Waals surface area contributed by atoms with E-state index in [0.29, 0.717) is 25.8 Å². The minimum absolute atomic E-state index is 0.0165. The smallest absolute Gasteiger partial charge is 0.289 e. The van der Waals surface area contributed by atoms with Gasteiger partial charge in [0.15, 0.2) is 0 Å². The Morgan fingerprint density at radius 3 is 2.29 bits per heavy atom. The number of nitrogens with zero attached hydrogens (tertiary/aromatic N) is 3. The van der Waals surface area contributed by atoms with Crippen molar-refractivity contribution in [1.82, 2.24) is 36.1 Å². The van der Waals surface area contributed by atoms with Crippen LogP contribution in [0.25, 0.3) is 0 Å². The highest BCUT2D eigenvalue weighted by Crippen LogP contribution is 2.43. The van der Waals surface area contributed by atoms with Crippen molar-refractivity contribution in [3.63, 3.8) is 0 Å². The maximum absolute atomic E-state index is 14.5. The molecule has 4 N–H and O–H groups in total. The van der Waals surface area contributed by atoms with Gasteiger partial charge in [-0.15, -0.1) is 0 Å². The number of ketones is 1. The number of aromatic nitrogens is 2. The van der Waals surface area contributed by atoms with Crippen molar-refractivity contribution in [2.24, 2.45) is 23.7 Å². The lowest BCUT2D eigenvalue weighted by atomic mass is 9.83. The first-order valence-corrected chi connectivity index (χ1v) is 18.4. The Morgan fingerprint density at radius 2 is 1.63 bits per heavy atom. The van der Waals surface area contributed by atoms with Crippen molar-refractivity contribution in [3.8, 4) is 0 Å². The highest BCUT2D eigenvalue weighted by molar-refractivity contribution is 6.38. The zero-order valence-electron chi connectivity index (χ0n) is 29.1. The maximum Gasteiger partial charge on any atom is 0.289 e. The van der Waals surface area contributed by atoms with Gasteiger partial charge >= 0.3 is 0 Å². The lowest BCUT2D eigenvalue weighted by molar-refractivity contribution is -0.144. The molecule has 3 aliphatic carbocycles. The number of Topliss-reactive ketones (excluding diaryl/α,β-unsaturated/α-hetero) is 1. The second-order valence-electron chi connectivity index (χ2n) is 14.9. The van der Waals surface area contributed by atoms with Gasteiger partial charge in [-0.05, 0) is 75.0 Å². The Labute approximate surface area is 288 Å². The molecule has 1 aromatic heterocycles. The summed E-state index contributed by atoms with van der Waals surface area (Å²) in [5.74, 6) is -3.05. The number of fused-ring (bicyclic) bond motifs is 1. The second kappa shape index (κ2) is 16.7. The average molecular weight is 680 g/mol. The van der Waals surface area contributed by atoms with E-state index in [4.69, 9.17) is 0 Å². The van der Waals surface area contributed by atoms with Gasteiger partial charge in [0.2, 0.25) is 23.5 Å². The maximum atomic E-state index is 14.5. The first-order chi connectivity index (χ1) is 23.6. The summed E-state index contributed by atoms with van der Waals surface area (Å²) in [4.78, 5) is 91.2. The third-order valence-corrected chi connectivity index (χ3v) is 10.6.